The highest BCUT2D eigenvalue weighted by atomic mass is 14.9. The average molecular weight is 108 g/mol. The van der Waals surface area contributed by atoms with Crippen LogP contribution in [0, 0.1) is 0 Å². The Morgan fingerprint density at radius 1 is 1.12 bits per heavy atom. The lowest BCUT2D eigenvalue weighted by Gasteiger charge is -1.94. The third-order valence-corrected chi connectivity index (χ3v) is 1.06. The van der Waals surface area contributed by atoms with Crippen molar-refractivity contribution in [2.24, 2.45) is 0 Å². The maximum Gasteiger partial charge on any atom is 0.0337 e. The van der Waals surface area contributed by atoms with Crippen LogP contribution < -0.4 is 5.32 Å². The molecule has 0 saturated heterocycles. The monoisotopic (exact) mass is 108 g/mol. The van der Waals surface area contributed by atoms with E-state index >= 15 is 0 Å². The van der Waals surface area contributed by atoms with Gasteiger partial charge in [0.2, 0.25) is 0 Å². The summed E-state index contributed by atoms with van der Waals surface area (Å²) in [4.78, 5) is 0. The lowest BCUT2D eigenvalue weighted by atomic mass is 10.3. The van der Waals surface area contributed by atoms with Gasteiger partial charge in [-0.25, -0.2) is 0 Å². The summed E-state index contributed by atoms with van der Waals surface area (Å²) in [5.41, 5.74) is 1.16. The Balaban J connectivity index is 2.83. The Hall–Kier alpha value is -0.980. The van der Waals surface area contributed by atoms with Gasteiger partial charge >= 0.3 is 0 Å². The van der Waals surface area contributed by atoms with Gasteiger partial charge in [0.25, 0.3) is 0 Å². The molecule has 0 saturated carbocycles. The summed E-state index contributed by atoms with van der Waals surface area (Å²) in [6.07, 6.45) is 0. The van der Waals surface area contributed by atoms with Gasteiger partial charge in [-0.1, -0.05) is 18.2 Å². The molecule has 1 heteroatoms. The first-order valence-electron chi connectivity index (χ1n) is 2.66. The molecule has 0 heterocycles. The van der Waals surface area contributed by atoms with Crippen LogP contribution in [0.4, 0.5) is 5.69 Å². The second-order valence-electron chi connectivity index (χ2n) is 1.62. The van der Waals surface area contributed by atoms with Crippen molar-refractivity contribution in [3.63, 3.8) is 0 Å². The van der Waals surface area contributed by atoms with Crippen molar-refractivity contribution >= 4 is 5.69 Å². The molecule has 0 fully saturated rings. The molecule has 8 heavy (non-hydrogen) atoms. The number of para-hydroxylation sites is 1. The van der Waals surface area contributed by atoms with Gasteiger partial charge in [-0.15, -0.1) is 0 Å². The second kappa shape index (κ2) is 2.36. The predicted molar refractivity (Wildman–Crippen MR) is 36.0 cm³/mol. The fraction of sp³-hybridized carbons (Fsp3) is 0.143. The summed E-state index contributed by atoms with van der Waals surface area (Å²) in [5, 5.41) is 3.03. The number of benzene rings is 1. The number of hydrogen-bond acceptors (Lipinski definition) is 1. The van der Waals surface area contributed by atoms with Crippen molar-refractivity contribution in [2.75, 3.05) is 12.4 Å². The molecule has 0 radical (unpaired) electrons. The number of rotatable bonds is 1. The van der Waals surface area contributed by atoms with E-state index in [-0.39, 0.29) is 0 Å². The first-order chi connectivity index (χ1) is 3.93. The van der Waals surface area contributed by atoms with E-state index in [1.165, 1.54) is 0 Å². The molecule has 1 N–H and O–H groups in total. The van der Waals surface area contributed by atoms with Gasteiger partial charge in [0.05, 0.1) is 0 Å². The van der Waals surface area contributed by atoms with Crippen LogP contribution in [0.1, 0.15) is 0 Å². The van der Waals surface area contributed by atoms with E-state index < -0.39 is 0 Å². The highest BCUT2D eigenvalue weighted by molar-refractivity contribution is 5.41. The summed E-state index contributed by atoms with van der Waals surface area (Å²) in [6.45, 7) is 0. The lowest BCUT2D eigenvalue weighted by Crippen LogP contribution is -1.84. The van der Waals surface area contributed by atoms with Crippen LogP contribution in [-0.4, -0.2) is 7.05 Å². The lowest BCUT2D eigenvalue weighted by molar-refractivity contribution is 1.51. The first kappa shape index (κ1) is 5.16. The van der Waals surface area contributed by atoms with Crippen LogP contribution in [0.5, 0.6) is 0 Å². The molecular formula is C7H9N. The molecule has 0 aliphatic carbocycles. The van der Waals surface area contributed by atoms with E-state index in [9.17, 15) is 0 Å². The summed E-state index contributed by atoms with van der Waals surface area (Å²) < 4.78 is 0. The molecule has 0 bridgehead atoms. The maximum absolute atomic E-state index is 3.03. The molecular weight excluding hydrogens is 99.1 g/mol. The highest BCUT2D eigenvalue weighted by Crippen LogP contribution is 2.01. The quantitative estimate of drug-likeness (QED) is 0.540. The second-order valence-corrected chi connectivity index (χ2v) is 1.62. The molecule has 1 aromatic carbocycles. The van der Waals surface area contributed by atoms with Gasteiger partial charge in [-0.3, -0.25) is 0 Å². The zero-order valence-corrected chi connectivity index (χ0v) is 4.89. The Morgan fingerprint density at radius 2 is 1.75 bits per heavy atom. The average Bonchev–Trinajstić information content (AvgIpc) is 1.90. The molecule has 0 aliphatic rings. The number of hydrogen-bond donors (Lipinski definition) is 1. The van der Waals surface area contributed by atoms with E-state index in [1.807, 2.05) is 37.4 Å². The Morgan fingerprint density at radius 3 is 2.12 bits per heavy atom. The third-order valence-electron chi connectivity index (χ3n) is 1.06. The van der Waals surface area contributed by atoms with Crippen molar-refractivity contribution in [1.29, 1.82) is 0 Å². The molecule has 0 amide bonds. The van der Waals surface area contributed by atoms with E-state index in [0.717, 1.165) is 5.69 Å². The van der Waals surface area contributed by atoms with Crippen LogP contribution >= 0.6 is 0 Å². The fourth-order valence-electron chi connectivity index (χ4n) is 0.605. The predicted octanol–water partition coefficient (Wildman–Crippen LogP) is 1.73. The summed E-state index contributed by atoms with van der Waals surface area (Å²) >= 11 is 0. The van der Waals surface area contributed by atoms with Gasteiger partial charge in [0.15, 0.2) is 0 Å². The van der Waals surface area contributed by atoms with Crippen molar-refractivity contribution in [3.8, 4) is 0 Å². The van der Waals surface area contributed by atoms with Crippen LogP contribution in [0.2, 0.25) is 0 Å². The van der Waals surface area contributed by atoms with Gasteiger partial charge in [0.1, 0.15) is 0 Å². The van der Waals surface area contributed by atoms with Gasteiger partial charge in [0, 0.05) is 12.7 Å². The zero-order chi connectivity index (χ0) is 5.82. The molecule has 42 valence electrons. The molecule has 1 rings (SSSR count). The summed E-state index contributed by atoms with van der Waals surface area (Å²) in [5.74, 6) is 0. The molecule has 0 atom stereocenters. The van der Waals surface area contributed by atoms with E-state index in [0.29, 0.717) is 0 Å². The van der Waals surface area contributed by atoms with Gasteiger partial charge < -0.3 is 5.32 Å². The maximum atomic E-state index is 3.03. The normalized spacial score (nSPS) is 8.62. The van der Waals surface area contributed by atoms with Crippen molar-refractivity contribution in [2.45, 2.75) is 0 Å². The van der Waals surface area contributed by atoms with Crippen LogP contribution in [0.25, 0.3) is 0 Å². The SMILES string of the molecule is [13CH3]Nc1ccccc1. The van der Waals surface area contributed by atoms with E-state index in [1.54, 1.807) is 0 Å². The van der Waals surface area contributed by atoms with Crippen molar-refractivity contribution < 1.29 is 0 Å². The number of nitrogens with one attached hydrogen (secondary N) is 1. The zero-order valence-electron chi connectivity index (χ0n) is 4.89. The van der Waals surface area contributed by atoms with E-state index in [4.69, 9.17) is 0 Å². The first-order valence-corrected chi connectivity index (χ1v) is 2.66. The third kappa shape index (κ3) is 0.997. The molecule has 1 nitrogen and oxygen atoms in total. The minimum Gasteiger partial charge on any atom is -0.388 e. The standard InChI is InChI=1S/C7H9N/c1-8-7-5-3-2-4-6-7/h2-6,8H,1H3/i1+1. The molecule has 0 aliphatic heterocycles. The topological polar surface area (TPSA) is 12.0 Å². The summed E-state index contributed by atoms with van der Waals surface area (Å²) in [6, 6.07) is 10.1. The van der Waals surface area contributed by atoms with E-state index in [2.05, 4.69) is 5.32 Å². The van der Waals surface area contributed by atoms with Gasteiger partial charge in [-0.2, -0.15) is 0 Å². The highest BCUT2D eigenvalue weighted by Gasteiger charge is 1.77. The fourth-order valence-corrected chi connectivity index (χ4v) is 0.605. The van der Waals surface area contributed by atoms with Crippen LogP contribution in [0.15, 0.2) is 30.3 Å². The minimum atomic E-state index is 1.16. The minimum absolute atomic E-state index is 1.16. The summed E-state index contributed by atoms with van der Waals surface area (Å²) in [7, 11) is 1.91. The smallest absolute Gasteiger partial charge is 0.0337 e. The molecule has 0 spiro atoms. The molecule has 0 aromatic heterocycles. The van der Waals surface area contributed by atoms with Crippen molar-refractivity contribution in [3.05, 3.63) is 30.3 Å². The van der Waals surface area contributed by atoms with Crippen LogP contribution in [-0.2, 0) is 0 Å². The Bertz CT molecular complexity index is 146. The largest absolute Gasteiger partial charge is 0.388 e. The Labute approximate surface area is 49.3 Å². The van der Waals surface area contributed by atoms with Crippen molar-refractivity contribution in [1.82, 2.24) is 0 Å². The van der Waals surface area contributed by atoms with Gasteiger partial charge in [-0.05, 0) is 12.1 Å². The molecule has 0 unspecified atom stereocenters. The van der Waals surface area contributed by atoms with Crippen LogP contribution in [0.3, 0.4) is 0 Å². The molecule has 1 aromatic rings. The number of anilines is 1. The Kier molecular flexibility index (Phi) is 1.52.